The van der Waals surface area contributed by atoms with Gasteiger partial charge in [-0.1, -0.05) is 25.3 Å². The third-order valence-electron chi connectivity index (χ3n) is 5.54. The predicted octanol–water partition coefficient (Wildman–Crippen LogP) is 2.76. The van der Waals surface area contributed by atoms with Gasteiger partial charge in [0.15, 0.2) is 6.61 Å². The second-order valence-electron chi connectivity index (χ2n) is 7.47. The van der Waals surface area contributed by atoms with Crippen molar-refractivity contribution in [3.63, 3.8) is 0 Å². The molecule has 0 spiro atoms. The van der Waals surface area contributed by atoms with E-state index in [2.05, 4.69) is 5.32 Å². The van der Waals surface area contributed by atoms with E-state index in [1.165, 1.54) is 19.3 Å². The van der Waals surface area contributed by atoms with Crippen LogP contribution in [0.15, 0.2) is 24.3 Å². The lowest BCUT2D eigenvalue weighted by Crippen LogP contribution is -2.49. The molecule has 1 aliphatic heterocycles. The van der Waals surface area contributed by atoms with E-state index in [1.54, 1.807) is 19.2 Å². The number of nitrogens with one attached hydrogen (secondary N) is 1. The number of carbonyl (C=O) groups is 2. The maximum Gasteiger partial charge on any atom is 0.258 e. The molecule has 1 N–H and O–H groups in total. The first kappa shape index (κ1) is 19.5. The first-order valence-corrected chi connectivity index (χ1v) is 10.0. The maximum atomic E-state index is 12.6. The molecule has 27 heavy (non-hydrogen) atoms. The summed E-state index contributed by atoms with van der Waals surface area (Å²) in [4.78, 5) is 26.7. The largest absolute Gasteiger partial charge is 0.497 e. The lowest BCUT2D eigenvalue weighted by molar-refractivity contribution is -0.137. The van der Waals surface area contributed by atoms with Crippen molar-refractivity contribution in [1.29, 1.82) is 0 Å². The zero-order chi connectivity index (χ0) is 19.1. The molecule has 2 aliphatic rings. The number of carbonyl (C=O) groups excluding carboxylic acids is 2. The predicted molar refractivity (Wildman–Crippen MR) is 103 cm³/mol. The molecule has 0 aromatic heterocycles. The van der Waals surface area contributed by atoms with E-state index in [9.17, 15) is 9.59 Å². The average Bonchev–Trinajstić information content (AvgIpc) is 2.73. The van der Waals surface area contributed by atoms with Gasteiger partial charge in [-0.3, -0.25) is 9.59 Å². The number of hydrogen-bond acceptors (Lipinski definition) is 4. The molecular formula is C21H30N2O4. The highest BCUT2D eigenvalue weighted by Crippen LogP contribution is 2.26. The minimum Gasteiger partial charge on any atom is -0.497 e. The van der Waals surface area contributed by atoms with Gasteiger partial charge in [0, 0.05) is 31.1 Å². The summed E-state index contributed by atoms with van der Waals surface area (Å²) >= 11 is 0. The fourth-order valence-corrected chi connectivity index (χ4v) is 3.96. The van der Waals surface area contributed by atoms with E-state index >= 15 is 0 Å². The molecule has 0 atom stereocenters. The average molecular weight is 374 g/mol. The number of rotatable bonds is 6. The highest BCUT2D eigenvalue weighted by Gasteiger charge is 2.29. The van der Waals surface area contributed by atoms with Crippen LogP contribution in [0.5, 0.6) is 11.5 Å². The van der Waals surface area contributed by atoms with Gasteiger partial charge in [0.2, 0.25) is 5.91 Å². The van der Waals surface area contributed by atoms with Gasteiger partial charge in [0.1, 0.15) is 11.5 Å². The number of hydrogen-bond donors (Lipinski definition) is 1. The quantitative estimate of drug-likeness (QED) is 0.831. The molecule has 1 saturated heterocycles. The standard InChI is InChI=1S/C21H30N2O4/c1-26-18-8-5-9-19(14-18)27-15-20(24)22-17-10-12-23(13-11-17)21(25)16-6-3-2-4-7-16/h5,8-9,14,16-17H,2-4,6-7,10-13,15H2,1H3,(H,22,24). The summed E-state index contributed by atoms with van der Waals surface area (Å²) < 4.78 is 10.7. The van der Waals surface area contributed by atoms with Gasteiger partial charge in [-0.15, -0.1) is 0 Å². The number of ether oxygens (including phenoxy) is 2. The van der Waals surface area contributed by atoms with Crippen molar-refractivity contribution in [3.05, 3.63) is 24.3 Å². The summed E-state index contributed by atoms with van der Waals surface area (Å²) in [5.41, 5.74) is 0. The van der Waals surface area contributed by atoms with Crippen LogP contribution in [0.3, 0.4) is 0 Å². The maximum absolute atomic E-state index is 12.6. The Morgan fingerprint density at radius 2 is 1.78 bits per heavy atom. The molecule has 0 bridgehead atoms. The van der Waals surface area contributed by atoms with Crippen LogP contribution in [-0.4, -0.2) is 49.6 Å². The lowest BCUT2D eigenvalue weighted by Gasteiger charge is -2.35. The topological polar surface area (TPSA) is 67.9 Å². The summed E-state index contributed by atoms with van der Waals surface area (Å²) in [5.74, 6) is 1.72. The van der Waals surface area contributed by atoms with E-state index in [4.69, 9.17) is 9.47 Å². The number of methoxy groups -OCH3 is 1. The molecule has 0 radical (unpaired) electrons. The van der Waals surface area contributed by atoms with Gasteiger partial charge in [-0.2, -0.15) is 0 Å². The third kappa shape index (κ3) is 5.62. The van der Waals surface area contributed by atoms with Gasteiger partial charge in [-0.05, 0) is 37.8 Å². The van der Waals surface area contributed by atoms with Crippen molar-refractivity contribution < 1.29 is 19.1 Å². The molecule has 1 aromatic rings. The van der Waals surface area contributed by atoms with Crippen molar-refractivity contribution in [3.8, 4) is 11.5 Å². The van der Waals surface area contributed by atoms with Gasteiger partial charge in [-0.25, -0.2) is 0 Å². The van der Waals surface area contributed by atoms with Gasteiger partial charge in [0.05, 0.1) is 7.11 Å². The van der Waals surface area contributed by atoms with Crippen molar-refractivity contribution in [2.24, 2.45) is 5.92 Å². The van der Waals surface area contributed by atoms with E-state index in [0.29, 0.717) is 17.4 Å². The highest BCUT2D eigenvalue weighted by atomic mass is 16.5. The summed E-state index contributed by atoms with van der Waals surface area (Å²) in [6, 6.07) is 7.32. The Labute approximate surface area is 161 Å². The number of amides is 2. The van der Waals surface area contributed by atoms with E-state index in [1.807, 2.05) is 17.0 Å². The Morgan fingerprint density at radius 3 is 2.48 bits per heavy atom. The first-order chi connectivity index (χ1) is 13.2. The summed E-state index contributed by atoms with van der Waals surface area (Å²) in [6.45, 7) is 1.45. The minimum absolute atomic E-state index is 0.0195. The van der Waals surface area contributed by atoms with Crippen molar-refractivity contribution in [1.82, 2.24) is 10.2 Å². The SMILES string of the molecule is COc1cccc(OCC(=O)NC2CCN(C(=O)C3CCCCC3)CC2)c1. The van der Waals surface area contributed by atoms with E-state index < -0.39 is 0 Å². The Hall–Kier alpha value is -2.24. The van der Waals surface area contributed by atoms with Crippen LogP contribution in [0.25, 0.3) is 0 Å². The second kappa shape index (κ2) is 9.62. The van der Waals surface area contributed by atoms with Gasteiger partial charge in [0.25, 0.3) is 5.91 Å². The van der Waals surface area contributed by atoms with E-state index in [0.717, 1.165) is 38.8 Å². The third-order valence-corrected chi connectivity index (χ3v) is 5.54. The van der Waals surface area contributed by atoms with Crippen LogP contribution in [0.2, 0.25) is 0 Å². The van der Waals surface area contributed by atoms with Crippen LogP contribution in [-0.2, 0) is 9.59 Å². The number of piperidine rings is 1. The van der Waals surface area contributed by atoms with Crippen molar-refractivity contribution in [2.75, 3.05) is 26.8 Å². The number of benzene rings is 1. The Kier molecular flexibility index (Phi) is 6.96. The fraction of sp³-hybridized carbons (Fsp3) is 0.619. The van der Waals surface area contributed by atoms with Crippen LogP contribution < -0.4 is 14.8 Å². The monoisotopic (exact) mass is 374 g/mol. The van der Waals surface area contributed by atoms with Crippen LogP contribution >= 0.6 is 0 Å². The Morgan fingerprint density at radius 1 is 1.07 bits per heavy atom. The molecule has 6 heteroatoms. The smallest absolute Gasteiger partial charge is 0.258 e. The highest BCUT2D eigenvalue weighted by molar-refractivity contribution is 5.79. The summed E-state index contributed by atoms with van der Waals surface area (Å²) in [5, 5.41) is 3.02. The zero-order valence-corrected chi connectivity index (χ0v) is 16.1. The molecular weight excluding hydrogens is 344 g/mol. The van der Waals surface area contributed by atoms with Gasteiger partial charge >= 0.3 is 0 Å². The minimum atomic E-state index is -0.130. The molecule has 6 nitrogen and oxygen atoms in total. The van der Waals surface area contributed by atoms with Crippen LogP contribution in [0.4, 0.5) is 0 Å². The molecule has 2 amide bonds. The van der Waals surface area contributed by atoms with Crippen molar-refractivity contribution in [2.45, 2.75) is 51.0 Å². The van der Waals surface area contributed by atoms with Crippen molar-refractivity contribution >= 4 is 11.8 Å². The molecule has 1 aliphatic carbocycles. The number of likely N-dealkylation sites (tertiary alicyclic amines) is 1. The number of nitrogens with zero attached hydrogens (tertiary/aromatic N) is 1. The molecule has 1 heterocycles. The summed E-state index contributed by atoms with van der Waals surface area (Å²) in [6.07, 6.45) is 7.31. The Balaban J connectivity index is 1.38. The molecule has 1 saturated carbocycles. The second-order valence-corrected chi connectivity index (χ2v) is 7.47. The first-order valence-electron chi connectivity index (χ1n) is 10.0. The molecule has 148 valence electrons. The zero-order valence-electron chi connectivity index (χ0n) is 16.1. The molecule has 3 rings (SSSR count). The van der Waals surface area contributed by atoms with Crippen LogP contribution in [0, 0.1) is 5.92 Å². The fourth-order valence-electron chi connectivity index (χ4n) is 3.96. The molecule has 1 aromatic carbocycles. The molecule has 2 fully saturated rings. The van der Waals surface area contributed by atoms with Gasteiger partial charge < -0.3 is 19.7 Å². The van der Waals surface area contributed by atoms with Crippen LogP contribution in [0.1, 0.15) is 44.9 Å². The molecule has 0 unspecified atom stereocenters. The van der Waals surface area contributed by atoms with E-state index in [-0.39, 0.29) is 24.5 Å². The normalized spacial score (nSPS) is 18.8. The summed E-state index contributed by atoms with van der Waals surface area (Å²) in [7, 11) is 1.59. The Bertz CT molecular complexity index is 635. The lowest BCUT2D eigenvalue weighted by atomic mass is 9.87.